The topological polar surface area (TPSA) is 21.7 Å². The molecule has 0 radical (unpaired) electrons. The van der Waals surface area contributed by atoms with Gasteiger partial charge in [-0.1, -0.05) is 0 Å². The van der Waals surface area contributed by atoms with Gasteiger partial charge in [-0.3, -0.25) is 0 Å². The van der Waals surface area contributed by atoms with Gasteiger partial charge in [-0.05, 0) is 48.6 Å². The standard InChI is InChI=1S/C14H29NO2/c1-12(2,3)16-10-14(8-15(7)9-14)11-17-13(4,5)6/h8-11H2,1-7H3. The Kier molecular flexibility index (Phi) is 4.28. The number of nitrogens with zero attached hydrogens (tertiary/aromatic N) is 1. The molecular weight excluding hydrogens is 214 g/mol. The lowest BCUT2D eigenvalue weighted by Crippen LogP contribution is -2.60. The highest BCUT2D eigenvalue weighted by atomic mass is 16.5. The lowest BCUT2D eigenvalue weighted by molar-refractivity contribution is -0.154. The Morgan fingerprint density at radius 1 is 0.882 bits per heavy atom. The van der Waals surface area contributed by atoms with Crippen molar-refractivity contribution < 1.29 is 9.47 Å². The molecule has 0 amide bonds. The highest BCUT2D eigenvalue weighted by Gasteiger charge is 2.43. The molecule has 0 spiro atoms. The van der Waals surface area contributed by atoms with Gasteiger partial charge in [0, 0.05) is 18.5 Å². The molecule has 0 bridgehead atoms. The van der Waals surface area contributed by atoms with E-state index < -0.39 is 0 Å². The first-order chi connectivity index (χ1) is 7.52. The van der Waals surface area contributed by atoms with Gasteiger partial charge in [-0.2, -0.15) is 0 Å². The van der Waals surface area contributed by atoms with Crippen LogP contribution in [-0.2, 0) is 9.47 Å². The molecule has 1 aliphatic rings. The van der Waals surface area contributed by atoms with E-state index in [1.807, 2.05) is 0 Å². The van der Waals surface area contributed by atoms with Crippen LogP contribution in [0.25, 0.3) is 0 Å². The molecule has 1 rings (SSSR count). The minimum Gasteiger partial charge on any atom is -0.375 e. The molecule has 0 aromatic carbocycles. The van der Waals surface area contributed by atoms with E-state index in [-0.39, 0.29) is 16.6 Å². The van der Waals surface area contributed by atoms with Crippen LogP contribution in [0.1, 0.15) is 41.5 Å². The maximum atomic E-state index is 5.94. The summed E-state index contributed by atoms with van der Waals surface area (Å²) in [4.78, 5) is 2.32. The van der Waals surface area contributed by atoms with Crippen molar-refractivity contribution in [3.05, 3.63) is 0 Å². The first-order valence-corrected chi connectivity index (χ1v) is 6.48. The van der Waals surface area contributed by atoms with Crippen molar-refractivity contribution in [1.29, 1.82) is 0 Å². The van der Waals surface area contributed by atoms with Crippen molar-refractivity contribution in [3.8, 4) is 0 Å². The third-order valence-corrected chi connectivity index (χ3v) is 2.83. The van der Waals surface area contributed by atoms with Gasteiger partial charge in [0.2, 0.25) is 0 Å². The van der Waals surface area contributed by atoms with Crippen molar-refractivity contribution in [2.24, 2.45) is 5.41 Å². The molecule has 102 valence electrons. The molecule has 3 heteroatoms. The van der Waals surface area contributed by atoms with Crippen molar-refractivity contribution in [2.45, 2.75) is 52.7 Å². The quantitative estimate of drug-likeness (QED) is 0.757. The zero-order valence-electron chi connectivity index (χ0n) is 12.6. The summed E-state index contributed by atoms with van der Waals surface area (Å²) in [6.45, 7) is 16.3. The minimum atomic E-state index is -0.0666. The molecule has 0 unspecified atom stereocenters. The van der Waals surface area contributed by atoms with E-state index in [9.17, 15) is 0 Å². The Bertz CT molecular complexity index is 224. The number of hydrogen-bond acceptors (Lipinski definition) is 3. The molecule has 0 aromatic rings. The molecule has 0 aliphatic carbocycles. The van der Waals surface area contributed by atoms with E-state index in [0.29, 0.717) is 0 Å². The molecule has 1 heterocycles. The largest absolute Gasteiger partial charge is 0.375 e. The Morgan fingerprint density at radius 2 is 1.24 bits per heavy atom. The summed E-state index contributed by atoms with van der Waals surface area (Å²) in [5.74, 6) is 0. The molecule has 0 atom stereocenters. The zero-order chi connectivity index (χ0) is 13.3. The Balaban J connectivity index is 2.47. The van der Waals surface area contributed by atoms with Gasteiger partial charge in [0.25, 0.3) is 0 Å². The van der Waals surface area contributed by atoms with Gasteiger partial charge < -0.3 is 14.4 Å². The number of ether oxygens (including phenoxy) is 2. The molecule has 1 aliphatic heterocycles. The normalized spacial score (nSPS) is 21.4. The van der Waals surface area contributed by atoms with Crippen LogP contribution in [-0.4, -0.2) is 49.5 Å². The molecule has 1 saturated heterocycles. The average molecular weight is 243 g/mol. The maximum Gasteiger partial charge on any atom is 0.0598 e. The smallest absolute Gasteiger partial charge is 0.0598 e. The number of hydrogen-bond donors (Lipinski definition) is 0. The van der Waals surface area contributed by atoms with Crippen molar-refractivity contribution in [1.82, 2.24) is 4.90 Å². The van der Waals surface area contributed by atoms with Gasteiger partial charge in [0.15, 0.2) is 0 Å². The van der Waals surface area contributed by atoms with E-state index in [1.165, 1.54) is 0 Å². The van der Waals surface area contributed by atoms with Gasteiger partial charge in [0.1, 0.15) is 0 Å². The Hall–Kier alpha value is -0.120. The van der Waals surface area contributed by atoms with Gasteiger partial charge in [0.05, 0.1) is 24.4 Å². The predicted octanol–water partition coefficient (Wildman–Crippen LogP) is 2.55. The second-order valence-corrected chi connectivity index (χ2v) is 7.47. The second kappa shape index (κ2) is 4.87. The summed E-state index contributed by atoms with van der Waals surface area (Å²) < 4.78 is 11.9. The first kappa shape index (κ1) is 14.9. The van der Waals surface area contributed by atoms with Crippen LogP contribution in [0.15, 0.2) is 0 Å². The lowest BCUT2D eigenvalue weighted by Gasteiger charge is -2.49. The third-order valence-electron chi connectivity index (χ3n) is 2.83. The molecule has 0 saturated carbocycles. The summed E-state index contributed by atoms with van der Waals surface area (Å²) in [5.41, 5.74) is 0.0566. The van der Waals surface area contributed by atoms with Crippen LogP contribution in [0.4, 0.5) is 0 Å². The Morgan fingerprint density at radius 3 is 1.47 bits per heavy atom. The van der Waals surface area contributed by atoms with Gasteiger partial charge in [-0.25, -0.2) is 0 Å². The van der Waals surface area contributed by atoms with E-state index in [2.05, 4.69) is 53.5 Å². The van der Waals surface area contributed by atoms with E-state index in [4.69, 9.17) is 9.47 Å². The molecule has 1 fully saturated rings. The maximum absolute atomic E-state index is 5.94. The van der Waals surface area contributed by atoms with Crippen LogP contribution in [0, 0.1) is 5.41 Å². The van der Waals surface area contributed by atoms with Crippen LogP contribution >= 0.6 is 0 Å². The predicted molar refractivity (Wildman–Crippen MR) is 71.3 cm³/mol. The fraction of sp³-hybridized carbons (Fsp3) is 1.00. The summed E-state index contributed by atoms with van der Waals surface area (Å²) in [5, 5.41) is 0. The fourth-order valence-corrected chi connectivity index (χ4v) is 2.06. The Labute approximate surface area is 106 Å². The van der Waals surface area contributed by atoms with Crippen molar-refractivity contribution in [2.75, 3.05) is 33.4 Å². The summed E-state index contributed by atoms with van der Waals surface area (Å²) >= 11 is 0. The monoisotopic (exact) mass is 243 g/mol. The second-order valence-electron chi connectivity index (χ2n) is 7.47. The highest BCUT2D eigenvalue weighted by molar-refractivity contribution is 4.94. The van der Waals surface area contributed by atoms with Crippen LogP contribution in [0.3, 0.4) is 0 Å². The molecule has 17 heavy (non-hydrogen) atoms. The van der Waals surface area contributed by atoms with Crippen LogP contribution in [0.5, 0.6) is 0 Å². The van der Waals surface area contributed by atoms with E-state index >= 15 is 0 Å². The molecule has 0 N–H and O–H groups in total. The fourth-order valence-electron chi connectivity index (χ4n) is 2.06. The molecule has 3 nitrogen and oxygen atoms in total. The van der Waals surface area contributed by atoms with Crippen molar-refractivity contribution in [3.63, 3.8) is 0 Å². The summed E-state index contributed by atoms with van der Waals surface area (Å²) in [6, 6.07) is 0. The number of rotatable bonds is 4. The zero-order valence-corrected chi connectivity index (χ0v) is 12.6. The first-order valence-electron chi connectivity index (χ1n) is 6.48. The summed E-state index contributed by atoms with van der Waals surface area (Å²) in [7, 11) is 2.15. The van der Waals surface area contributed by atoms with E-state index in [1.54, 1.807) is 0 Å². The average Bonchev–Trinajstić information content (AvgIpc) is 2.05. The lowest BCUT2D eigenvalue weighted by atomic mass is 9.81. The minimum absolute atomic E-state index is 0.0666. The molecule has 0 aromatic heterocycles. The van der Waals surface area contributed by atoms with Gasteiger partial charge in [-0.15, -0.1) is 0 Å². The summed E-state index contributed by atoms with van der Waals surface area (Å²) in [6.07, 6.45) is 0. The van der Waals surface area contributed by atoms with E-state index in [0.717, 1.165) is 26.3 Å². The van der Waals surface area contributed by atoms with Crippen LogP contribution < -0.4 is 0 Å². The SMILES string of the molecule is CN1CC(COC(C)(C)C)(COC(C)(C)C)C1. The van der Waals surface area contributed by atoms with Gasteiger partial charge >= 0.3 is 0 Å². The number of likely N-dealkylation sites (tertiary alicyclic amines) is 1. The van der Waals surface area contributed by atoms with Crippen LogP contribution in [0.2, 0.25) is 0 Å². The highest BCUT2D eigenvalue weighted by Crippen LogP contribution is 2.32. The van der Waals surface area contributed by atoms with Crippen molar-refractivity contribution >= 4 is 0 Å². The third kappa shape index (κ3) is 5.36. The molecular formula is C14H29NO2.